The number of hydrogen-bond donors (Lipinski definition) is 1. The van der Waals surface area contributed by atoms with Gasteiger partial charge in [0.15, 0.2) is 15.8 Å². The van der Waals surface area contributed by atoms with Gasteiger partial charge in [-0.2, -0.15) is 0 Å². The first-order valence-electron chi connectivity index (χ1n) is 8.85. The minimum atomic E-state index is -2.84. The van der Waals surface area contributed by atoms with Crippen molar-refractivity contribution in [3.63, 3.8) is 0 Å². The van der Waals surface area contributed by atoms with Crippen LogP contribution in [0.15, 0.2) is 29.3 Å². The van der Waals surface area contributed by atoms with Gasteiger partial charge in [0.1, 0.15) is 0 Å². The van der Waals surface area contributed by atoms with Crippen molar-refractivity contribution in [3.05, 3.63) is 29.8 Å². The standard InChI is InChI=1S/C18H27N3O2S.HI/c1-3-14(2)20-18(19-12-15-9-11-24(22,23)13-15)21-10-8-16-6-4-5-7-17(16)21;/h4-7,14-15H,3,8-13H2,1-2H3,(H,19,20);1H. The lowest BCUT2D eigenvalue weighted by Crippen LogP contribution is -2.44. The SMILES string of the molecule is CCC(C)NC(=NCC1CCS(=O)(=O)C1)N1CCc2ccccc21.I. The van der Waals surface area contributed by atoms with Crippen molar-refractivity contribution >= 4 is 45.5 Å². The van der Waals surface area contributed by atoms with E-state index in [0.717, 1.165) is 31.8 Å². The van der Waals surface area contributed by atoms with E-state index in [4.69, 9.17) is 4.99 Å². The molecule has 25 heavy (non-hydrogen) atoms. The molecule has 140 valence electrons. The Hall–Kier alpha value is -0.830. The number of hydrogen-bond acceptors (Lipinski definition) is 3. The van der Waals surface area contributed by atoms with Crippen LogP contribution in [0.3, 0.4) is 0 Å². The molecule has 0 aromatic heterocycles. The van der Waals surface area contributed by atoms with Crippen molar-refractivity contribution in [1.29, 1.82) is 0 Å². The summed E-state index contributed by atoms with van der Waals surface area (Å²) in [5.41, 5.74) is 2.56. The van der Waals surface area contributed by atoms with Gasteiger partial charge in [0, 0.05) is 24.8 Å². The van der Waals surface area contributed by atoms with Gasteiger partial charge in [0.2, 0.25) is 0 Å². The fraction of sp³-hybridized carbons (Fsp3) is 0.611. The lowest BCUT2D eigenvalue weighted by molar-refractivity contribution is 0.586. The zero-order valence-electron chi connectivity index (χ0n) is 14.9. The third-order valence-corrected chi connectivity index (χ3v) is 6.79. The monoisotopic (exact) mass is 477 g/mol. The van der Waals surface area contributed by atoms with Gasteiger partial charge in [0.05, 0.1) is 11.5 Å². The fourth-order valence-corrected chi connectivity index (χ4v) is 5.17. The number of guanidine groups is 1. The number of rotatable bonds is 4. The van der Waals surface area contributed by atoms with E-state index in [1.807, 2.05) is 0 Å². The molecule has 5 nitrogen and oxygen atoms in total. The highest BCUT2D eigenvalue weighted by Gasteiger charge is 2.29. The molecule has 1 saturated heterocycles. The molecule has 0 amide bonds. The molecule has 1 aromatic rings. The molecule has 0 radical (unpaired) electrons. The van der Waals surface area contributed by atoms with E-state index in [9.17, 15) is 8.42 Å². The molecule has 0 aliphatic carbocycles. The van der Waals surface area contributed by atoms with Gasteiger partial charge >= 0.3 is 0 Å². The smallest absolute Gasteiger partial charge is 0.198 e. The highest BCUT2D eigenvalue weighted by molar-refractivity contribution is 14.0. The number of para-hydroxylation sites is 1. The highest BCUT2D eigenvalue weighted by atomic mass is 127. The van der Waals surface area contributed by atoms with Gasteiger partial charge in [-0.05, 0) is 43.7 Å². The van der Waals surface area contributed by atoms with Gasteiger partial charge < -0.3 is 10.2 Å². The highest BCUT2D eigenvalue weighted by Crippen LogP contribution is 2.28. The largest absolute Gasteiger partial charge is 0.354 e. The number of nitrogens with one attached hydrogen (secondary N) is 1. The number of nitrogens with zero attached hydrogens (tertiary/aromatic N) is 2. The maximum atomic E-state index is 11.7. The molecule has 2 heterocycles. The summed E-state index contributed by atoms with van der Waals surface area (Å²) in [6, 6.07) is 8.77. The third kappa shape index (κ3) is 5.09. The van der Waals surface area contributed by atoms with Crippen LogP contribution in [0.4, 0.5) is 5.69 Å². The first-order valence-corrected chi connectivity index (χ1v) is 10.7. The molecular formula is C18H28IN3O2S. The van der Waals surface area contributed by atoms with Crippen molar-refractivity contribution in [2.45, 2.75) is 39.2 Å². The van der Waals surface area contributed by atoms with Gasteiger partial charge in [-0.3, -0.25) is 4.99 Å². The summed E-state index contributed by atoms with van der Waals surface area (Å²) in [5.74, 6) is 1.64. The summed E-state index contributed by atoms with van der Waals surface area (Å²) >= 11 is 0. The Bertz CT molecular complexity index is 721. The van der Waals surface area contributed by atoms with Crippen LogP contribution < -0.4 is 10.2 Å². The lowest BCUT2D eigenvalue weighted by Gasteiger charge is -2.26. The van der Waals surface area contributed by atoms with E-state index in [0.29, 0.717) is 18.3 Å². The first-order chi connectivity index (χ1) is 11.5. The summed E-state index contributed by atoms with van der Waals surface area (Å²) in [6.45, 7) is 5.80. The minimum absolute atomic E-state index is 0. The molecule has 0 bridgehead atoms. The Kier molecular flexibility index (Phi) is 7.13. The maximum absolute atomic E-state index is 11.7. The van der Waals surface area contributed by atoms with E-state index < -0.39 is 9.84 Å². The first kappa shape index (κ1) is 20.5. The van der Waals surface area contributed by atoms with Crippen LogP contribution in [0.5, 0.6) is 0 Å². The molecular weight excluding hydrogens is 449 g/mol. The van der Waals surface area contributed by atoms with Gasteiger partial charge in [-0.25, -0.2) is 8.42 Å². The number of benzene rings is 1. The predicted molar refractivity (Wildman–Crippen MR) is 115 cm³/mol. The second kappa shape index (κ2) is 8.70. The third-order valence-electron chi connectivity index (χ3n) is 4.96. The number of halogens is 1. The zero-order chi connectivity index (χ0) is 17.2. The molecule has 0 spiro atoms. The van der Waals surface area contributed by atoms with Crippen LogP contribution in [0.25, 0.3) is 0 Å². The second-order valence-corrected chi connectivity index (χ2v) is 9.15. The fourth-order valence-electron chi connectivity index (χ4n) is 3.32. The predicted octanol–water partition coefficient (Wildman–Crippen LogP) is 2.85. The van der Waals surface area contributed by atoms with E-state index >= 15 is 0 Å². The molecule has 7 heteroatoms. The average Bonchev–Trinajstić information content (AvgIpc) is 3.14. The summed E-state index contributed by atoms with van der Waals surface area (Å²) in [5, 5.41) is 3.52. The minimum Gasteiger partial charge on any atom is -0.354 e. The van der Waals surface area contributed by atoms with Crippen LogP contribution in [-0.4, -0.2) is 45.0 Å². The normalized spacial score (nSPS) is 23.0. The average molecular weight is 477 g/mol. The van der Waals surface area contributed by atoms with Crippen LogP contribution >= 0.6 is 24.0 Å². The van der Waals surface area contributed by atoms with Gasteiger partial charge in [0.25, 0.3) is 0 Å². The Labute approximate surface area is 168 Å². The second-order valence-electron chi connectivity index (χ2n) is 6.92. The van der Waals surface area contributed by atoms with Crippen LogP contribution in [0, 0.1) is 5.92 Å². The van der Waals surface area contributed by atoms with Crippen molar-refractivity contribution < 1.29 is 8.42 Å². The Morgan fingerprint density at radius 2 is 2.16 bits per heavy atom. The van der Waals surface area contributed by atoms with Crippen LogP contribution in [0.1, 0.15) is 32.3 Å². The maximum Gasteiger partial charge on any atom is 0.198 e. The van der Waals surface area contributed by atoms with E-state index in [1.54, 1.807) is 0 Å². The summed E-state index contributed by atoms with van der Waals surface area (Å²) in [6.07, 6.45) is 2.78. The quantitative estimate of drug-likeness (QED) is 0.412. The van der Waals surface area contributed by atoms with Crippen molar-refractivity contribution in [2.75, 3.05) is 29.5 Å². The number of anilines is 1. The Morgan fingerprint density at radius 3 is 2.84 bits per heavy atom. The molecule has 2 atom stereocenters. The number of fused-ring (bicyclic) bond motifs is 1. The van der Waals surface area contributed by atoms with Gasteiger partial charge in [-0.1, -0.05) is 25.1 Å². The van der Waals surface area contributed by atoms with E-state index in [1.165, 1.54) is 11.3 Å². The molecule has 1 fully saturated rings. The van der Waals surface area contributed by atoms with Gasteiger partial charge in [-0.15, -0.1) is 24.0 Å². The van der Waals surface area contributed by atoms with Crippen molar-refractivity contribution in [2.24, 2.45) is 10.9 Å². The zero-order valence-corrected chi connectivity index (χ0v) is 18.1. The van der Waals surface area contributed by atoms with E-state index in [-0.39, 0.29) is 35.6 Å². The van der Waals surface area contributed by atoms with Crippen LogP contribution in [-0.2, 0) is 16.3 Å². The Morgan fingerprint density at radius 1 is 1.40 bits per heavy atom. The van der Waals surface area contributed by atoms with Crippen LogP contribution in [0.2, 0.25) is 0 Å². The number of aliphatic imine (C=N–C) groups is 1. The molecule has 0 saturated carbocycles. The number of sulfone groups is 1. The molecule has 1 aromatic carbocycles. The summed E-state index contributed by atoms with van der Waals surface area (Å²) in [4.78, 5) is 7.05. The van der Waals surface area contributed by atoms with Crippen molar-refractivity contribution in [1.82, 2.24) is 5.32 Å². The molecule has 2 unspecified atom stereocenters. The Balaban J connectivity index is 0.00000225. The topological polar surface area (TPSA) is 61.8 Å². The summed E-state index contributed by atoms with van der Waals surface area (Å²) < 4.78 is 23.3. The van der Waals surface area contributed by atoms with Crippen molar-refractivity contribution in [3.8, 4) is 0 Å². The lowest BCUT2D eigenvalue weighted by atomic mass is 10.1. The molecule has 2 aliphatic heterocycles. The summed E-state index contributed by atoms with van der Waals surface area (Å²) in [7, 11) is -2.84. The molecule has 1 N–H and O–H groups in total. The molecule has 2 aliphatic rings. The molecule has 3 rings (SSSR count). The van der Waals surface area contributed by atoms with E-state index in [2.05, 4.69) is 48.3 Å².